The zero-order valence-electron chi connectivity index (χ0n) is 12.6. The van der Waals surface area contributed by atoms with E-state index in [4.69, 9.17) is 9.84 Å². The van der Waals surface area contributed by atoms with Crippen LogP contribution in [0, 0.1) is 5.41 Å². The van der Waals surface area contributed by atoms with Crippen molar-refractivity contribution in [1.82, 2.24) is 10.2 Å². The number of urea groups is 1. The average Bonchev–Trinajstić information content (AvgIpc) is 3.24. The van der Waals surface area contributed by atoms with Crippen LogP contribution in [-0.2, 0) is 4.74 Å². The predicted octanol–water partition coefficient (Wildman–Crippen LogP) is 1.75. The van der Waals surface area contributed by atoms with Crippen LogP contribution in [0.5, 0.6) is 0 Å². The van der Waals surface area contributed by atoms with Crippen molar-refractivity contribution in [2.24, 2.45) is 5.41 Å². The van der Waals surface area contributed by atoms with Gasteiger partial charge in [0, 0.05) is 39.5 Å². The molecule has 5 heteroatoms. The standard InChI is InChI=1S/C15H28N2O3/c1-20-11-8-15(6-7-15)12-16-14(19)17-9-3-2-4-13(17)5-10-18/h13,18H,2-12H2,1H3,(H,16,19). The minimum absolute atomic E-state index is 0.0480. The molecule has 2 rings (SSSR count). The molecule has 1 aliphatic carbocycles. The molecule has 1 saturated heterocycles. The fraction of sp³-hybridized carbons (Fsp3) is 0.933. The van der Waals surface area contributed by atoms with Crippen LogP contribution in [0.15, 0.2) is 0 Å². The van der Waals surface area contributed by atoms with Gasteiger partial charge in [-0.3, -0.25) is 0 Å². The normalized spacial score (nSPS) is 24.5. The molecule has 0 spiro atoms. The monoisotopic (exact) mass is 284 g/mol. The van der Waals surface area contributed by atoms with Crippen LogP contribution >= 0.6 is 0 Å². The van der Waals surface area contributed by atoms with E-state index in [-0.39, 0.29) is 24.1 Å². The van der Waals surface area contributed by atoms with E-state index in [0.717, 1.165) is 45.4 Å². The van der Waals surface area contributed by atoms with Gasteiger partial charge in [-0.05, 0) is 50.4 Å². The van der Waals surface area contributed by atoms with Crippen molar-refractivity contribution >= 4 is 6.03 Å². The third kappa shape index (κ3) is 4.09. The number of carbonyl (C=O) groups excluding carboxylic acids is 1. The van der Waals surface area contributed by atoms with Crippen LogP contribution in [0.4, 0.5) is 4.79 Å². The zero-order valence-corrected chi connectivity index (χ0v) is 12.6. The maximum Gasteiger partial charge on any atom is 0.317 e. The molecule has 116 valence electrons. The SMILES string of the molecule is COCCC1(CNC(=O)N2CCCCC2CCO)CC1. The Kier molecular flexibility index (Phi) is 5.66. The highest BCUT2D eigenvalue weighted by molar-refractivity contribution is 5.74. The predicted molar refractivity (Wildman–Crippen MR) is 77.6 cm³/mol. The fourth-order valence-electron chi connectivity index (χ4n) is 3.09. The number of nitrogens with zero attached hydrogens (tertiary/aromatic N) is 1. The molecule has 1 aliphatic heterocycles. The lowest BCUT2D eigenvalue weighted by Gasteiger charge is -2.36. The first kappa shape index (κ1) is 15.6. The highest BCUT2D eigenvalue weighted by Gasteiger charge is 2.42. The average molecular weight is 284 g/mol. The summed E-state index contributed by atoms with van der Waals surface area (Å²) in [4.78, 5) is 14.3. The van der Waals surface area contributed by atoms with Gasteiger partial charge in [-0.1, -0.05) is 0 Å². The minimum atomic E-state index is 0.0480. The summed E-state index contributed by atoms with van der Waals surface area (Å²) in [5, 5.41) is 12.2. The van der Waals surface area contributed by atoms with Gasteiger partial charge in [0.1, 0.15) is 0 Å². The van der Waals surface area contributed by atoms with Crippen LogP contribution in [-0.4, -0.2) is 55.5 Å². The number of aliphatic hydroxyl groups excluding tert-OH is 1. The summed E-state index contributed by atoms with van der Waals surface area (Å²) >= 11 is 0. The summed E-state index contributed by atoms with van der Waals surface area (Å²) in [6.45, 7) is 2.51. The highest BCUT2D eigenvalue weighted by atomic mass is 16.5. The molecule has 0 radical (unpaired) electrons. The molecule has 1 atom stereocenters. The van der Waals surface area contributed by atoms with Crippen molar-refractivity contribution in [3.63, 3.8) is 0 Å². The number of ether oxygens (including phenoxy) is 1. The number of hydrogen-bond acceptors (Lipinski definition) is 3. The minimum Gasteiger partial charge on any atom is -0.396 e. The summed E-state index contributed by atoms with van der Waals surface area (Å²) in [6.07, 6.45) is 7.36. The lowest BCUT2D eigenvalue weighted by atomic mass is 10.00. The van der Waals surface area contributed by atoms with Crippen LogP contribution < -0.4 is 5.32 Å². The first-order chi connectivity index (χ1) is 9.71. The van der Waals surface area contributed by atoms with Crippen molar-refractivity contribution in [1.29, 1.82) is 0 Å². The molecule has 20 heavy (non-hydrogen) atoms. The van der Waals surface area contributed by atoms with Crippen molar-refractivity contribution in [2.45, 2.75) is 51.0 Å². The Morgan fingerprint density at radius 2 is 2.25 bits per heavy atom. The number of hydrogen-bond donors (Lipinski definition) is 2. The highest BCUT2D eigenvalue weighted by Crippen LogP contribution is 2.48. The van der Waals surface area contributed by atoms with E-state index < -0.39 is 0 Å². The van der Waals surface area contributed by atoms with Gasteiger partial charge in [0.2, 0.25) is 0 Å². The smallest absolute Gasteiger partial charge is 0.317 e. The Morgan fingerprint density at radius 3 is 2.90 bits per heavy atom. The Bertz CT molecular complexity index is 316. The molecule has 5 nitrogen and oxygen atoms in total. The third-order valence-corrected chi connectivity index (χ3v) is 4.76. The van der Waals surface area contributed by atoms with Crippen LogP contribution in [0.1, 0.15) is 44.9 Å². The summed E-state index contributed by atoms with van der Waals surface area (Å²) in [5.41, 5.74) is 0.286. The Labute approximate surface area is 121 Å². The Hall–Kier alpha value is -0.810. The molecule has 0 aromatic carbocycles. The molecule has 1 heterocycles. The molecule has 2 amide bonds. The molecular weight excluding hydrogens is 256 g/mol. The number of likely N-dealkylation sites (tertiary alicyclic amines) is 1. The van der Waals surface area contributed by atoms with Gasteiger partial charge in [-0.25, -0.2) is 4.79 Å². The summed E-state index contributed by atoms with van der Waals surface area (Å²) in [6, 6.07) is 0.259. The zero-order chi connectivity index (χ0) is 14.4. The van der Waals surface area contributed by atoms with Gasteiger partial charge in [-0.2, -0.15) is 0 Å². The lowest BCUT2D eigenvalue weighted by Crippen LogP contribution is -2.50. The van der Waals surface area contributed by atoms with Crippen molar-refractivity contribution in [2.75, 3.05) is 33.4 Å². The molecule has 0 bridgehead atoms. The third-order valence-electron chi connectivity index (χ3n) is 4.76. The number of carbonyl (C=O) groups is 1. The Balaban J connectivity index is 1.78. The van der Waals surface area contributed by atoms with Gasteiger partial charge in [0.25, 0.3) is 0 Å². The van der Waals surface area contributed by atoms with E-state index in [9.17, 15) is 4.79 Å². The van der Waals surface area contributed by atoms with Gasteiger partial charge in [0.15, 0.2) is 0 Å². The van der Waals surface area contributed by atoms with Gasteiger partial charge in [-0.15, -0.1) is 0 Å². The second kappa shape index (κ2) is 7.27. The van der Waals surface area contributed by atoms with E-state index in [1.54, 1.807) is 7.11 Å². The van der Waals surface area contributed by atoms with Gasteiger partial charge < -0.3 is 20.1 Å². The Morgan fingerprint density at radius 1 is 1.45 bits per heavy atom. The molecule has 2 N–H and O–H groups in total. The van der Waals surface area contributed by atoms with Crippen molar-refractivity contribution < 1.29 is 14.6 Å². The van der Waals surface area contributed by atoms with Crippen LogP contribution in [0.3, 0.4) is 0 Å². The van der Waals surface area contributed by atoms with Crippen LogP contribution in [0.25, 0.3) is 0 Å². The largest absolute Gasteiger partial charge is 0.396 e. The van der Waals surface area contributed by atoms with E-state index >= 15 is 0 Å². The fourth-order valence-corrected chi connectivity index (χ4v) is 3.09. The first-order valence-electron chi connectivity index (χ1n) is 7.85. The number of amides is 2. The molecule has 1 saturated carbocycles. The second-order valence-electron chi connectivity index (χ2n) is 6.26. The molecule has 2 fully saturated rings. The summed E-state index contributed by atoms with van der Waals surface area (Å²) in [7, 11) is 1.72. The molecule has 1 unspecified atom stereocenters. The number of rotatable bonds is 7. The van der Waals surface area contributed by atoms with Gasteiger partial charge >= 0.3 is 6.03 Å². The van der Waals surface area contributed by atoms with E-state index in [1.807, 2.05) is 4.90 Å². The summed E-state index contributed by atoms with van der Waals surface area (Å²) in [5.74, 6) is 0. The number of aliphatic hydroxyl groups is 1. The lowest BCUT2D eigenvalue weighted by molar-refractivity contribution is 0.128. The van der Waals surface area contributed by atoms with Gasteiger partial charge in [0.05, 0.1) is 0 Å². The topological polar surface area (TPSA) is 61.8 Å². The maximum absolute atomic E-state index is 12.3. The first-order valence-corrected chi connectivity index (χ1v) is 7.85. The molecule has 2 aliphatic rings. The molecule has 0 aromatic rings. The maximum atomic E-state index is 12.3. The van der Waals surface area contributed by atoms with Crippen molar-refractivity contribution in [3.05, 3.63) is 0 Å². The van der Waals surface area contributed by atoms with Crippen LogP contribution in [0.2, 0.25) is 0 Å². The second-order valence-corrected chi connectivity index (χ2v) is 6.26. The van der Waals surface area contributed by atoms with E-state index in [0.29, 0.717) is 6.42 Å². The van der Waals surface area contributed by atoms with Crippen molar-refractivity contribution in [3.8, 4) is 0 Å². The molecular formula is C15H28N2O3. The molecule has 0 aromatic heterocycles. The van der Waals surface area contributed by atoms with E-state index in [1.165, 1.54) is 12.8 Å². The number of piperidine rings is 1. The quantitative estimate of drug-likeness (QED) is 0.748. The number of methoxy groups -OCH3 is 1. The summed E-state index contributed by atoms with van der Waals surface area (Å²) < 4.78 is 5.14. The van der Waals surface area contributed by atoms with E-state index in [2.05, 4.69) is 5.32 Å². The number of nitrogens with one attached hydrogen (secondary N) is 1.